The van der Waals surface area contributed by atoms with Gasteiger partial charge in [-0.1, -0.05) is 18.7 Å². The first-order valence-corrected chi connectivity index (χ1v) is 8.31. The lowest BCUT2D eigenvalue weighted by Gasteiger charge is -2.35. The molecule has 0 radical (unpaired) electrons. The van der Waals surface area contributed by atoms with Gasteiger partial charge in [0, 0.05) is 17.9 Å². The molecule has 1 spiro atoms. The van der Waals surface area contributed by atoms with E-state index in [1.54, 1.807) is 0 Å². The molecule has 0 aromatic rings. The summed E-state index contributed by atoms with van der Waals surface area (Å²) in [5, 5.41) is 4.87. The molecule has 1 aliphatic carbocycles. The van der Waals surface area contributed by atoms with Crippen LogP contribution in [0.5, 0.6) is 0 Å². The highest BCUT2D eigenvalue weighted by molar-refractivity contribution is 8.14. The summed E-state index contributed by atoms with van der Waals surface area (Å²) in [6.07, 6.45) is 8.14. The third-order valence-corrected chi connectivity index (χ3v) is 5.75. The van der Waals surface area contributed by atoms with Gasteiger partial charge in [-0.05, 0) is 44.4 Å². The van der Waals surface area contributed by atoms with Gasteiger partial charge in [-0.3, -0.25) is 4.99 Å². The summed E-state index contributed by atoms with van der Waals surface area (Å²) in [7, 11) is 0. The molecule has 3 rings (SSSR count). The molecule has 102 valence electrons. The second-order valence-corrected chi connectivity index (χ2v) is 7.12. The van der Waals surface area contributed by atoms with Crippen LogP contribution in [0.1, 0.15) is 45.4 Å². The highest BCUT2D eigenvalue weighted by Crippen LogP contribution is 2.38. The number of hydrogen-bond acceptors (Lipinski definition) is 3. The molecular weight excluding hydrogens is 244 g/mol. The summed E-state index contributed by atoms with van der Waals surface area (Å²) in [6, 6.07) is 0. The first-order valence-electron chi connectivity index (χ1n) is 7.33. The smallest absolute Gasteiger partial charge is 0.157 e. The van der Waals surface area contributed by atoms with Crippen LogP contribution in [0.4, 0.5) is 0 Å². The van der Waals surface area contributed by atoms with E-state index in [1.165, 1.54) is 49.4 Å². The maximum atomic E-state index is 5.62. The lowest BCUT2D eigenvalue weighted by Crippen LogP contribution is -2.46. The van der Waals surface area contributed by atoms with Crippen LogP contribution in [0.15, 0.2) is 4.99 Å². The van der Waals surface area contributed by atoms with E-state index in [0.717, 1.165) is 19.1 Å². The van der Waals surface area contributed by atoms with E-state index in [-0.39, 0.29) is 0 Å². The van der Waals surface area contributed by atoms with Gasteiger partial charge < -0.3 is 10.1 Å². The van der Waals surface area contributed by atoms with Gasteiger partial charge in [0.25, 0.3) is 0 Å². The topological polar surface area (TPSA) is 33.6 Å². The molecule has 1 unspecified atom stereocenters. The maximum absolute atomic E-state index is 5.62. The van der Waals surface area contributed by atoms with E-state index in [9.17, 15) is 0 Å². The quantitative estimate of drug-likeness (QED) is 0.836. The van der Waals surface area contributed by atoms with Gasteiger partial charge in [0.1, 0.15) is 0 Å². The molecule has 1 saturated carbocycles. The van der Waals surface area contributed by atoms with Crippen LogP contribution in [0, 0.1) is 5.92 Å². The monoisotopic (exact) mass is 268 g/mol. The summed E-state index contributed by atoms with van der Waals surface area (Å²) in [6.45, 7) is 4.15. The Morgan fingerprint density at radius 2 is 2.22 bits per heavy atom. The number of rotatable bonds is 2. The fraction of sp³-hybridized carbons (Fsp3) is 0.929. The Bertz CT molecular complexity index is 318. The Labute approximate surface area is 114 Å². The molecule has 0 bridgehead atoms. The Morgan fingerprint density at radius 1 is 1.39 bits per heavy atom. The van der Waals surface area contributed by atoms with Crippen molar-refractivity contribution in [3.63, 3.8) is 0 Å². The Kier molecular flexibility index (Phi) is 3.85. The molecule has 1 atom stereocenters. The predicted molar refractivity (Wildman–Crippen MR) is 77.2 cm³/mol. The molecule has 3 fully saturated rings. The normalized spacial score (nSPS) is 42.6. The van der Waals surface area contributed by atoms with E-state index in [2.05, 4.69) is 12.2 Å². The molecule has 2 aliphatic heterocycles. The number of nitrogens with zero attached hydrogens (tertiary/aromatic N) is 1. The molecule has 3 nitrogen and oxygen atoms in total. The molecule has 2 saturated heterocycles. The summed E-state index contributed by atoms with van der Waals surface area (Å²) >= 11 is 1.92. The van der Waals surface area contributed by atoms with Crippen molar-refractivity contribution in [3.8, 4) is 0 Å². The first kappa shape index (κ1) is 12.8. The number of thioether (sulfide) groups is 1. The van der Waals surface area contributed by atoms with Gasteiger partial charge in [0.15, 0.2) is 5.17 Å². The van der Waals surface area contributed by atoms with Crippen molar-refractivity contribution < 1.29 is 4.74 Å². The third-order valence-electron chi connectivity index (χ3n) is 4.55. The molecule has 2 heterocycles. The van der Waals surface area contributed by atoms with Crippen LogP contribution in [0.3, 0.4) is 0 Å². The fourth-order valence-electron chi connectivity index (χ4n) is 3.15. The lowest BCUT2D eigenvalue weighted by atomic mass is 9.78. The van der Waals surface area contributed by atoms with Crippen molar-refractivity contribution in [2.24, 2.45) is 10.9 Å². The minimum Gasteiger partial charge on any atom is -0.376 e. The number of nitrogens with one attached hydrogen (secondary N) is 1. The van der Waals surface area contributed by atoms with Gasteiger partial charge >= 0.3 is 0 Å². The minimum atomic E-state index is 0.368. The van der Waals surface area contributed by atoms with Crippen LogP contribution < -0.4 is 5.32 Å². The molecule has 0 aromatic heterocycles. The maximum Gasteiger partial charge on any atom is 0.157 e. The second-order valence-electron chi connectivity index (χ2n) is 6.16. The third kappa shape index (κ3) is 2.85. The molecular formula is C14H24N2OS. The van der Waals surface area contributed by atoms with Gasteiger partial charge in [-0.2, -0.15) is 0 Å². The molecule has 4 heteroatoms. The largest absolute Gasteiger partial charge is 0.376 e. The number of aliphatic imine (C=N–C) groups is 1. The lowest BCUT2D eigenvalue weighted by molar-refractivity contribution is 0.118. The number of ether oxygens (including phenoxy) is 1. The zero-order chi connectivity index (χ0) is 12.4. The molecule has 1 N–H and O–H groups in total. The summed E-state index contributed by atoms with van der Waals surface area (Å²) < 4.78 is 5.62. The van der Waals surface area contributed by atoms with Crippen LogP contribution in [-0.2, 0) is 4.74 Å². The van der Waals surface area contributed by atoms with Crippen molar-refractivity contribution in [1.82, 2.24) is 5.32 Å². The second kappa shape index (κ2) is 5.41. The molecule has 0 amide bonds. The van der Waals surface area contributed by atoms with Gasteiger partial charge in [0.2, 0.25) is 0 Å². The summed E-state index contributed by atoms with van der Waals surface area (Å²) in [5.74, 6) is 2.12. The highest BCUT2D eigenvalue weighted by Gasteiger charge is 2.39. The van der Waals surface area contributed by atoms with E-state index in [0.29, 0.717) is 11.6 Å². The van der Waals surface area contributed by atoms with E-state index in [4.69, 9.17) is 9.73 Å². The summed E-state index contributed by atoms with van der Waals surface area (Å²) in [4.78, 5) is 4.72. The first-order chi connectivity index (χ1) is 8.76. The van der Waals surface area contributed by atoms with Gasteiger partial charge in [0.05, 0.1) is 12.6 Å². The zero-order valence-corrected chi connectivity index (χ0v) is 12.1. The van der Waals surface area contributed by atoms with Crippen molar-refractivity contribution in [3.05, 3.63) is 0 Å². The van der Waals surface area contributed by atoms with Crippen LogP contribution in [-0.4, -0.2) is 35.7 Å². The SMILES string of the molecule is CC1CCC2(CC1)CSC(=NCC1CCCO1)N2. The Hall–Kier alpha value is -0.220. The minimum absolute atomic E-state index is 0.368. The Balaban J connectivity index is 1.52. The van der Waals surface area contributed by atoms with Crippen LogP contribution >= 0.6 is 11.8 Å². The van der Waals surface area contributed by atoms with Crippen molar-refractivity contribution in [2.45, 2.75) is 57.1 Å². The van der Waals surface area contributed by atoms with E-state index >= 15 is 0 Å². The average molecular weight is 268 g/mol. The van der Waals surface area contributed by atoms with Crippen molar-refractivity contribution in [1.29, 1.82) is 0 Å². The van der Waals surface area contributed by atoms with E-state index < -0.39 is 0 Å². The van der Waals surface area contributed by atoms with Gasteiger partial charge in [-0.25, -0.2) is 0 Å². The zero-order valence-electron chi connectivity index (χ0n) is 11.3. The van der Waals surface area contributed by atoms with Crippen LogP contribution in [0.2, 0.25) is 0 Å². The fourth-order valence-corrected chi connectivity index (χ4v) is 4.38. The average Bonchev–Trinajstić information content (AvgIpc) is 3.02. The van der Waals surface area contributed by atoms with Gasteiger partial charge in [-0.15, -0.1) is 0 Å². The Morgan fingerprint density at radius 3 is 2.94 bits per heavy atom. The van der Waals surface area contributed by atoms with Crippen LogP contribution in [0.25, 0.3) is 0 Å². The number of amidine groups is 1. The summed E-state index contributed by atoms with van der Waals surface area (Å²) in [5.41, 5.74) is 0.368. The number of hydrogen-bond donors (Lipinski definition) is 1. The molecule has 18 heavy (non-hydrogen) atoms. The standard InChI is InChI=1S/C14H24N2OS/c1-11-4-6-14(7-5-11)10-18-13(16-14)15-9-12-3-2-8-17-12/h11-12H,2-10H2,1H3,(H,15,16). The van der Waals surface area contributed by atoms with Crippen molar-refractivity contribution in [2.75, 3.05) is 18.9 Å². The highest BCUT2D eigenvalue weighted by atomic mass is 32.2. The van der Waals surface area contributed by atoms with Crippen molar-refractivity contribution >= 4 is 16.9 Å². The van der Waals surface area contributed by atoms with E-state index in [1.807, 2.05) is 11.8 Å². The predicted octanol–water partition coefficient (Wildman–Crippen LogP) is 2.81. The molecule has 0 aromatic carbocycles. The molecule has 3 aliphatic rings.